The van der Waals surface area contributed by atoms with Crippen molar-refractivity contribution in [2.24, 2.45) is 5.41 Å². The predicted molar refractivity (Wildman–Crippen MR) is 74.0 cm³/mol. The van der Waals surface area contributed by atoms with Crippen molar-refractivity contribution in [3.63, 3.8) is 0 Å². The molecule has 0 saturated carbocycles. The zero-order valence-corrected chi connectivity index (χ0v) is 11.3. The highest BCUT2D eigenvalue weighted by atomic mass is 16.5. The molecule has 18 heavy (non-hydrogen) atoms. The molecule has 1 aromatic carbocycles. The number of aldehydes is 1. The van der Waals surface area contributed by atoms with Crippen molar-refractivity contribution in [2.45, 2.75) is 33.1 Å². The summed E-state index contributed by atoms with van der Waals surface area (Å²) in [7, 11) is 1.65. The van der Waals surface area contributed by atoms with Crippen molar-refractivity contribution in [1.29, 1.82) is 0 Å². The molecule has 1 aliphatic rings. The van der Waals surface area contributed by atoms with E-state index in [2.05, 4.69) is 19.9 Å². The summed E-state index contributed by atoms with van der Waals surface area (Å²) in [6.07, 6.45) is 6.65. The average molecular weight is 244 g/mol. The fourth-order valence-electron chi connectivity index (χ4n) is 2.61. The Hall–Kier alpha value is -1.57. The van der Waals surface area contributed by atoms with Crippen LogP contribution in [-0.4, -0.2) is 13.4 Å². The molecular weight excluding hydrogens is 224 g/mol. The van der Waals surface area contributed by atoms with Crippen LogP contribution < -0.4 is 4.74 Å². The van der Waals surface area contributed by atoms with Crippen molar-refractivity contribution in [3.05, 3.63) is 35.4 Å². The van der Waals surface area contributed by atoms with E-state index in [1.165, 1.54) is 18.4 Å². The molecule has 1 aromatic rings. The van der Waals surface area contributed by atoms with Gasteiger partial charge in [-0.25, -0.2) is 0 Å². The number of hydrogen-bond acceptors (Lipinski definition) is 2. The molecule has 0 unspecified atom stereocenters. The zero-order chi connectivity index (χ0) is 13.2. The summed E-state index contributed by atoms with van der Waals surface area (Å²) in [5, 5.41) is 0. The Bertz CT molecular complexity index is 484. The lowest BCUT2D eigenvalue weighted by Crippen LogP contribution is -2.13. The van der Waals surface area contributed by atoms with Gasteiger partial charge in [0.15, 0.2) is 6.29 Å². The first-order chi connectivity index (χ1) is 8.55. The average Bonchev–Trinajstić information content (AvgIpc) is 2.36. The predicted octanol–water partition coefficient (Wildman–Crippen LogP) is 4.10. The van der Waals surface area contributed by atoms with Gasteiger partial charge in [0, 0.05) is 5.56 Å². The number of ether oxygens (including phenoxy) is 1. The van der Waals surface area contributed by atoms with Gasteiger partial charge in [0.05, 0.1) is 7.11 Å². The molecule has 1 aliphatic carbocycles. The van der Waals surface area contributed by atoms with Crippen molar-refractivity contribution in [2.75, 3.05) is 7.11 Å². The van der Waals surface area contributed by atoms with E-state index in [1.807, 2.05) is 18.2 Å². The first-order valence-corrected chi connectivity index (χ1v) is 6.41. The van der Waals surface area contributed by atoms with Crippen LogP contribution in [0.3, 0.4) is 0 Å². The first kappa shape index (κ1) is 12.9. The van der Waals surface area contributed by atoms with Crippen LogP contribution in [0.25, 0.3) is 5.57 Å². The molecule has 2 nitrogen and oxygen atoms in total. The van der Waals surface area contributed by atoms with Crippen LogP contribution in [0.2, 0.25) is 0 Å². The molecule has 0 aromatic heterocycles. The summed E-state index contributed by atoms with van der Waals surface area (Å²) in [6, 6.07) is 5.64. The van der Waals surface area contributed by atoms with Crippen molar-refractivity contribution >= 4 is 11.9 Å². The second kappa shape index (κ2) is 4.97. The minimum Gasteiger partial charge on any atom is -0.497 e. The molecule has 0 radical (unpaired) electrons. The summed E-state index contributed by atoms with van der Waals surface area (Å²) < 4.78 is 5.25. The Kier molecular flexibility index (Phi) is 3.55. The summed E-state index contributed by atoms with van der Waals surface area (Å²) in [4.78, 5) is 11.2. The highest BCUT2D eigenvalue weighted by Gasteiger charge is 2.22. The summed E-state index contributed by atoms with van der Waals surface area (Å²) >= 11 is 0. The van der Waals surface area contributed by atoms with Gasteiger partial charge in [-0.15, -0.1) is 0 Å². The van der Waals surface area contributed by atoms with E-state index >= 15 is 0 Å². The molecule has 2 heteroatoms. The van der Waals surface area contributed by atoms with Gasteiger partial charge in [-0.3, -0.25) is 4.79 Å². The van der Waals surface area contributed by atoms with Crippen molar-refractivity contribution in [3.8, 4) is 5.75 Å². The summed E-state index contributed by atoms with van der Waals surface area (Å²) in [6.45, 7) is 4.49. The van der Waals surface area contributed by atoms with E-state index < -0.39 is 0 Å². The van der Waals surface area contributed by atoms with Crippen molar-refractivity contribution < 1.29 is 9.53 Å². The number of carbonyl (C=O) groups excluding carboxylic acids is 1. The quantitative estimate of drug-likeness (QED) is 0.748. The van der Waals surface area contributed by atoms with Crippen molar-refractivity contribution in [1.82, 2.24) is 0 Å². The third-order valence-corrected chi connectivity index (χ3v) is 3.57. The molecule has 0 bridgehead atoms. The Morgan fingerprint density at radius 2 is 2.11 bits per heavy atom. The SMILES string of the molecule is COc1ccc(C=O)c(C2=CC(C)(C)CCC2)c1. The third kappa shape index (κ3) is 2.63. The van der Waals surface area contributed by atoms with Crippen LogP contribution in [0.4, 0.5) is 0 Å². The highest BCUT2D eigenvalue weighted by molar-refractivity contribution is 5.86. The molecule has 0 fully saturated rings. The van der Waals surface area contributed by atoms with E-state index in [-0.39, 0.29) is 5.41 Å². The highest BCUT2D eigenvalue weighted by Crippen LogP contribution is 2.38. The Labute approximate surface area is 109 Å². The lowest BCUT2D eigenvalue weighted by Gasteiger charge is -2.28. The maximum Gasteiger partial charge on any atom is 0.150 e. The molecule has 0 heterocycles. The number of benzene rings is 1. The van der Waals surface area contributed by atoms with Crippen LogP contribution in [0, 0.1) is 5.41 Å². The number of rotatable bonds is 3. The smallest absolute Gasteiger partial charge is 0.150 e. The van der Waals surface area contributed by atoms with Gasteiger partial charge < -0.3 is 4.74 Å². The molecule has 2 rings (SSSR count). The van der Waals surface area contributed by atoms with Gasteiger partial charge in [0.25, 0.3) is 0 Å². The van der Waals surface area contributed by atoms with Gasteiger partial charge in [0.2, 0.25) is 0 Å². The lowest BCUT2D eigenvalue weighted by molar-refractivity contribution is 0.112. The fraction of sp³-hybridized carbons (Fsp3) is 0.438. The fourth-order valence-corrected chi connectivity index (χ4v) is 2.61. The van der Waals surface area contributed by atoms with E-state index in [0.29, 0.717) is 0 Å². The third-order valence-electron chi connectivity index (χ3n) is 3.57. The number of allylic oxidation sites excluding steroid dienone is 2. The second-order valence-corrected chi connectivity index (χ2v) is 5.58. The molecule has 0 N–H and O–H groups in total. The largest absolute Gasteiger partial charge is 0.497 e. The standard InChI is InChI=1S/C16H20O2/c1-16(2)8-4-5-12(10-16)15-9-14(18-3)7-6-13(15)11-17/h6-7,9-11H,4-5,8H2,1-3H3. The van der Waals surface area contributed by atoms with E-state index in [4.69, 9.17) is 4.74 Å². The minimum absolute atomic E-state index is 0.219. The molecule has 0 amide bonds. The van der Waals surface area contributed by atoms with Gasteiger partial charge in [-0.2, -0.15) is 0 Å². The number of carbonyl (C=O) groups is 1. The molecule has 0 spiro atoms. The van der Waals surface area contributed by atoms with Crippen LogP contribution in [-0.2, 0) is 0 Å². The Balaban J connectivity index is 2.49. The Morgan fingerprint density at radius 1 is 1.33 bits per heavy atom. The van der Waals surface area contributed by atoms with Gasteiger partial charge in [0.1, 0.15) is 5.75 Å². The number of methoxy groups -OCH3 is 1. The molecule has 96 valence electrons. The van der Waals surface area contributed by atoms with Crippen LogP contribution in [0.1, 0.15) is 49.0 Å². The number of hydrogen-bond donors (Lipinski definition) is 0. The van der Waals surface area contributed by atoms with Gasteiger partial charge >= 0.3 is 0 Å². The first-order valence-electron chi connectivity index (χ1n) is 6.41. The van der Waals surface area contributed by atoms with E-state index in [9.17, 15) is 4.79 Å². The van der Waals surface area contributed by atoms with Gasteiger partial charge in [-0.05, 0) is 54.0 Å². The lowest BCUT2D eigenvalue weighted by atomic mass is 9.77. The second-order valence-electron chi connectivity index (χ2n) is 5.58. The van der Waals surface area contributed by atoms with E-state index in [1.54, 1.807) is 7.11 Å². The maximum atomic E-state index is 11.2. The monoisotopic (exact) mass is 244 g/mol. The molecule has 0 aliphatic heterocycles. The summed E-state index contributed by atoms with van der Waals surface area (Å²) in [5.74, 6) is 0.805. The minimum atomic E-state index is 0.219. The molecule has 0 atom stereocenters. The van der Waals surface area contributed by atoms with Crippen LogP contribution >= 0.6 is 0 Å². The topological polar surface area (TPSA) is 26.3 Å². The normalized spacial score (nSPS) is 18.1. The van der Waals surface area contributed by atoms with Crippen LogP contribution in [0.5, 0.6) is 5.75 Å². The Morgan fingerprint density at radius 3 is 2.72 bits per heavy atom. The van der Waals surface area contributed by atoms with Gasteiger partial charge in [-0.1, -0.05) is 19.9 Å². The molecule has 0 saturated heterocycles. The van der Waals surface area contributed by atoms with E-state index in [0.717, 1.165) is 29.6 Å². The van der Waals surface area contributed by atoms with Crippen LogP contribution in [0.15, 0.2) is 24.3 Å². The zero-order valence-electron chi connectivity index (χ0n) is 11.3. The maximum absolute atomic E-state index is 11.2. The molecular formula is C16H20O2. The summed E-state index contributed by atoms with van der Waals surface area (Å²) in [5.41, 5.74) is 3.26.